The molecule has 2 aliphatic heterocycles. The highest BCUT2D eigenvalue weighted by Gasteiger charge is 2.38. The molecule has 31 heavy (non-hydrogen) atoms. The van der Waals surface area contributed by atoms with Crippen molar-refractivity contribution < 1.29 is 19.1 Å². The Morgan fingerprint density at radius 1 is 1.23 bits per heavy atom. The van der Waals surface area contributed by atoms with Crippen LogP contribution in [0.1, 0.15) is 68.6 Å². The number of anilines is 1. The second-order valence-electron chi connectivity index (χ2n) is 8.45. The first-order chi connectivity index (χ1) is 14.9. The van der Waals surface area contributed by atoms with Gasteiger partial charge in [-0.15, -0.1) is 0 Å². The summed E-state index contributed by atoms with van der Waals surface area (Å²) in [5.41, 5.74) is 6.63. The van der Waals surface area contributed by atoms with Gasteiger partial charge in [0.05, 0.1) is 30.0 Å². The Kier molecular flexibility index (Phi) is 8.43. The van der Waals surface area contributed by atoms with Gasteiger partial charge in [0.2, 0.25) is 0 Å². The molecule has 2 heterocycles. The minimum absolute atomic E-state index is 0.109. The van der Waals surface area contributed by atoms with Crippen LogP contribution in [0, 0.1) is 0 Å². The number of amides is 1. The molecule has 0 saturated carbocycles. The Bertz CT molecular complexity index is 774. The third kappa shape index (κ3) is 6.04. The van der Waals surface area contributed by atoms with Crippen LogP contribution in [-0.2, 0) is 9.53 Å². The molecule has 3 N–H and O–H groups in total. The lowest BCUT2D eigenvalue weighted by Gasteiger charge is -2.49. The zero-order chi connectivity index (χ0) is 22.4. The lowest BCUT2D eigenvalue weighted by atomic mass is 9.81. The van der Waals surface area contributed by atoms with E-state index in [4.69, 9.17) is 26.8 Å². The van der Waals surface area contributed by atoms with Gasteiger partial charge < -0.3 is 20.5 Å². The number of carbonyl (C=O) groups is 2. The standard InChI is InChI=1S/C23H34ClN3O4/c1-3-31-22(28)9-4-5-10-27-16-7-6-8-17(27)12-15(11-16)26-23(29)18-13-19(24)20(25)14-21(18)30-2/h13-17H,3-12,25H2,1-2H3,(H,26,29). The lowest BCUT2D eigenvalue weighted by Crippen LogP contribution is -2.57. The van der Waals surface area contributed by atoms with E-state index >= 15 is 0 Å². The number of nitrogens with two attached hydrogens (primary N) is 1. The molecule has 0 aromatic heterocycles. The number of hydrogen-bond acceptors (Lipinski definition) is 6. The molecule has 2 atom stereocenters. The molecule has 3 rings (SSSR count). The Labute approximate surface area is 189 Å². The highest BCUT2D eigenvalue weighted by Crippen LogP contribution is 2.35. The zero-order valence-electron chi connectivity index (χ0n) is 18.5. The molecule has 2 unspecified atom stereocenters. The van der Waals surface area contributed by atoms with Gasteiger partial charge in [0.25, 0.3) is 5.91 Å². The number of nitrogens with one attached hydrogen (secondary N) is 1. The summed E-state index contributed by atoms with van der Waals surface area (Å²) in [4.78, 5) is 27.1. The molecule has 2 fully saturated rings. The Balaban J connectivity index is 1.55. The van der Waals surface area contributed by atoms with Crippen molar-refractivity contribution in [3.05, 3.63) is 22.7 Å². The molecule has 0 radical (unpaired) electrons. The van der Waals surface area contributed by atoms with Gasteiger partial charge in [0.1, 0.15) is 5.75 Å². The summed E-state index contributed by atoms with van der Waals surface area (Å²) < 4.78 is 10.3. The van der Waals surface area contributed by atoms with Crippen molar-refractivity contribution in [3.8, 4) is 5.75 Å². The number of halogens is 1. The molecule has 2 bridgehead atoms. The molecule has 172 valence electrons. The topological polar surface area (TPSA) is 93.9 Å². The van der Waals surface area contributed by atoms with E-state index in [-0.39, 0.29) is 17.9 Å². The van der Waals surface area contributed by atoms with Crippen LogP contribution in [0.4, 0.5) is 5.69 Å². The van der Waals surface area contributed by atoms with Crippen LogP contribution in [0.25, 0.3) is 0 Å². The molecule has 2 aliphatic rings. The fourth-order valence-electron chi connectivity index (χ4n) is 4.94. The molecule has 1 amide bonds. The number of nitrogen functional groups attached to an aromatic ring is 1. The molecule has 8 heteroatoms. The maximum absolute atomic E-state index is 12.9. The molecule has 7 nitrogen and oxygen atoms in total. The highest BCUT2D eigenvalue weighted by molar-refractivity contribution is 6.33. The fraction of sp³-hybridized carbons (Fsp3) is 0.652. The van der Waals surface area contributed by atoms with Gasteiger partial charge in [0.15, 0.2) is 0 Å². The Morgan fingerprint density at radius 2 is 1.94 bits per heavy atom. The van der Waals surface area contributed by atoms with Crippen LogP contribution < -0.4 is 15.8 Å². The number of hydrogen-bond donors (Lipinski definition) is 2. The predicted octanol–water partition coefficient (Wildman–Crippen LogP) is 3.78. The van der Waals surface area contributed by atoms with E-state index in [1.54, 1.807) is 12.1 Å². The summed E-state index contributed by atoms with van der Waals surface area (Å²) >= 11 is 6.13. The number of esters is 1. The van der Waals surface area contributed by atoms with Crippen LogP contribution in [0.2, 0.25) is 5.02 Å². The monoisotopic (exact) mass is 451 g/mol. The van der Waals surface area contributed by atoms with Crippen molar-refractivity contribution in [2.24, 2.45) is 0 Å². The largest absolute Gasteiger partial charge is 0.496 e. The van der Waals surface area contributed by atoms with Gasteiger partial charge in [-0.3, -0.25) is 14.5 Å². The summed E-state index contributed by atoms with van der Waals surface area (Å²) in [6, 6.07) is 4.23. The summed E-state index contributed by atoms with van der Waals surface area (Å²) in [6.45, 7) is 3.27. The van der Waals surface area contributed by atoms with Crippen LogP contribution in [0.15, 0.2) is 12.1 Å². The van der Waals surface area contributed by atoms with E-state index in [9.17, 15) is 9.59 Å². The van der Waals surface area contributed by atoms with Gasteiger partial charge in [-0.25, -0.2) is 0 Å². The highest BCUT2D eigenvalue weighted by atomic mass is 35.5. The zero-order valence-corrected chi connectivity index (χ0v) is 19.2. The Hall–Kier alpha value is -1.99. The third-order valence-electron chi connectivity index (χ3n) is 6.38. The van der Waals surface area contributed by atoms with Crippen LogP contribution in [0.3, 0.4) is 0 Å². The predicted molar refractivity (Wildman–Crippen MR) is 122 cm³/mol. The number of carbonyl (C=O) groups excluding carboxylic acids is 2. The SMILES string of the molecule is CCOC(=O)CCCCN1C2CCCC1CC(NC(=O)c1cc(Cl)c(N)cc1OC)C2. The van der Waals surface area contributed by atoms with Crippen molar-refractivity contribution in [3.63, 3.8) is 0 Å². The summed E-state index contributed by atoms with van der Waals surface area (Å²) in [6.07, 6.45) is 7.74. The first-order valence-electron chi connectivity index (χ1n) is 11.3. The lowest BCUT2D eigenvalue weighted by molar-refractivity contribution is -0.143. The van der Waals surface area contributed by atoms with E-state index in [2.05, 4.69) is 10.2 Å². The number of fused-ring (bicyclic) bond motifs is 2. The number of methoxy groups -OCH3 is 1. The summed E-state index contributed by atoms with van der Waals surface area (Å²) in [7, 11) is 1.52. The maximum Gasteiger partial charge on any atom is 0.305 e. The molecular formula is C23H34ClN3O4. The van der Waals surface area contributed by atoms with Gasteiger partial charge in [-0.1, -0.05) is 18.0 Å². The van der Waals surface area contributed by atoms with Crippen LogP contribution >= 0.6 is 11.6 Å². The quantitative estimate of drug-likeness (QED) is 0.337. The van der Waals surface area contributed by atoms with Gasteiger partial charge in [0, 0.05) is 30.6 Å². The normalized spacial score (nSPS) is 23.3. The second-order valence-corrected chi connectivity index (χ2v) is 8.86. The van der Waals surface area contributed by atoms with Gasteiger partial charge in [-0.05, 0) is 58.1 Å². The van der Waals surface area contributed by atoms with Crippen molar-refractivity contribution in [2.45, 2.75) is 76.4 Å². The number of nitrogens with zero attached hydrogens (tertiary/aromatic N) is 1. The van der Waals surface area contributed by atoms with Crippen LogP contribution in [0.5, 0.6) is 5.75 Å². The number of benzene rings is 1. The molecular weight excluding hydrogens is 418 g/mol. The molecule has 1 aromatic rings. The van der Waals surface area contributed by atoms with E-state index in [0.29, 0.717) is 47.1 Å². The summed E-state index contributed by atoms with van der Waals surface area (Å²) in [5, 5.41) is 3.54. The van der Waals surface area contributed by atoms with Gasteiger partial charge >= 0.3 is 5.97 Å². The number of unbranched alkanes of at least 4 members (excludes halogenated alkanes) is 1. The number of ether oxygens (including phenoxy) is 2. The van der Waals surface area contributed by atoms with E-state index in [1.165, 1.54) is 13.5 Å². The molecule has 1 aromatic carbocycles. The van der Waals surface area contributed by atoms with Crippen molar-refractivity contribution in [2.75, 3.05) is 26.0 Å². The Morgan fingerprint density at radius 3 is 2.58 bits per heavy atom. The van der Waals surface area contributed by atoms with Gasteiger partial charge in [-0.2, -0.15) is 0 Å². The number of piperidine rings is 2. The molecule has 2 saturated heterocycles. The first-order valence-corrected chi connectivity index (χ1v) is 11.7. The number of rotatable bonds is 9. The average Bonchev–Trinajstić information content (AvgIpc) is 2.73. The average molecular weight is 452 g/mol. The first kappa shape index (κ1) is 23.7. The van der Waals surface area contributed by atoms with Crippen molar-refractivity contribution >= 4 is 29.2 Å². The second kappa shape index (κ2) is 11.0. The third-order valence-corrected chi connectivity index (χ3v) is 6.70. The fourth-order valence-corrected chi connectivity index (χ4v) is 5.10. The maximum atomic E-state index is 12.9. The van der Waals surface area contributed by atoms with E-state index in [0.717, 1.165) is 45.1 Å². The minimum atomic E-state index is -0.176. The summed E-state index contributed by atoms with van der Waals surface area (Å²) in [5.74, 6) is 0.144. The van der Waals surface area contributed by atoms with E-state index < -0.39 is 0 Å². The van der Waals surface area contributed by atoms with Crippen molar-refractivity contribution in [1.29, 1.82) is 0 Å². The van der Waals surface area contributed by atoms with Crippen molar-refractivity contribution in [1.82, 2.24) is 10.2 Å². The smallest absolute Gasteiger partial charge is 0.305 e. The minimum Gasteiger partial charge on any atom is -0.496 e. The van der Waals surface area contributed by atoms with Crippen LogP contribution in [-0.4, -0.2) is 55.2 Å². The molecule has 0 spiro atoms. The van der Waals surface area contributed by atoms with E-state index in [1.807, 2.05) is 6.92 Å². The molecule has 0 aliphatic carbocycles.